The molecule has 0 amide bonds. The molecule has 2 aliphatic heterocycles. The second-order valence-corrected chi connectivity index (χ2v) is 6.82. The van der Waals surface area contributed by atoms with Gasteiger partial charge in [0.05, 0.1) is 24.3 Å². The van der Waals surface area contributed by atoms with E-state index in [1.165, 1.54) is 13.8 Å². The van der Waals surface area contributed by atoms with Gasteiger partial charge >= 0.3 is 23.9 Å². The standard InChI is InChI=1S/C14H14O6.2C4H6O2/c15-13(19-7-9-5-17-9)11-3-1-2-4-12(11)14(16)20-8-10-6-18-10;2*1-3(2)4(5)6/h1-4,9-10H,5-8H2;2*1H2,2H3,(H,5,6). The van der Waals surface area contributed by atoms with E-state index >= 15 is 0 Å². The van der Waals surface area contributed by atoms with E-state index in [1.54, 1.807) is 24.3 Å². The molecule has 0 bridgehead atoms. The van der Waals surface area contributed by atoms with E-state index in [4.69, 9.17) is 29.2 Å². The fourth-order valence-electron chi connectivity index (χ4n) is 1.66. The molecule has 10 nitrogen and oxygen atoms in total. The first-order chi connectivity index (χ1) is 15.0. The van der Waals surface area contributed by atoms with Gasteiger partial charge in [-0.3, -0.25) is 0 Å². The maximum atomic E-state index is 11.9. The third kappa shape index (κ3) is 11.0. The molecule has 0 saturated carbocycles. The predicted molar refractivity (Wildman–Crippen MR) is 111 cm³/mol. The van der Waals surface area contributed by atoms with Crippen molar-refractivity contribution >= 4 is 23.9 Å². The fourth-order valence-corrected chi connectivity index (χ4v) is 1.66. The Labute approximate surface area is 185 Å². The summed E-state index contributed by atoms with van der Waals surface area (Å²) in [6.45, 7) is 10.8. The third-order valence-electron chi connectivity index (χ3n) is 3.70. The van der Waals surface area contributed by atoms with Crippen LogP contribution in [0.3, 0.4) is 0 Å². The predicted octanol–water partition coefficient (Wildman–Crippen LogP) is 2.09. The van der Waals surface area contributed by atoms with Crippen molar-refractivity contribution in [1.82, 2.24) is 0 Å². The average Bonchev–Trinajstić information content (AvgIpc) is 3.66. The lowest BCUT2D eigenvalue weighted by Crippen LogP contribution is -2.17. The number of aliphatic carboxylic acids is 2. The highest BCUT2D eigenvalue weighted by Gasteiger charge is 2.28. The van der Waals surface area contributed by atoms with Gasteiger partial charge in [-0.2, -0.15) is 0 Å². The van der Waals surface area contributed by atoms with Crippen molar-refractivity contribution in [1.29, 1.82) is 0 Å². The highest BCUT2D eigenvalue weighted by atomic mass is 16.6. The molecule has 0 spiro atoms. The first-order valence-corrected chi connectivity index (χ1v) is 9.47. The molecule has 0 radical (unpaired) electrons. The minimum Gasteiger partial charge on any atom is -0.478 e. The molecule has 2 fully saturated rings. The van der Waals surface area contributed by atoms with Gasteiger partial charge in [0.15, 0.2) is 0 Å². The Balaban J connectivity index is 0.000000355. The summed E-state index contributed by atoms with van der Waals surface area (Å²) in [4.78, 5) is 43.1. The van der Waals surface area contributed by atoms with Crippen LogP contribution in [0.1, 0.15) is 34.6 Å². The molecular formula is C22H26O10. The van der Waals surface area contributed by atoms with E-state index in [0.717, 1.165) is 0 Å². The quantitative estimate of drug-likeness (QED) is 0.342. The minimum absolute atomic E-state index is 0.00919. The van der Waals surface area contributed by atoms with Gasteiger partial charge in [0.1, 0.15) is 25.4 Å². The van der Waals surface area contributed by atoms with E-state index in [0.29, 0.717) is 13.2 Å². The molecule has 0 aromatic heterocycles. The van der Waals surface area contributed by atoms with Gasteiger partial charge in [-0.15, -0.1) is 0 Å². The smallest absolute Gasteiger partial charge is 0.339 e. The van der Waals surface area contributed by atoms with Gasteiger partial charge in [0.25, 0.3) is 0 Å². The zero-order valence-corrected chi connectivity index (χ0v) is 17.9. The first-order valence-electron chi connectivity index (χ1n) is 9.47. The van der Waals surface area contributed by atoms with Gasteiger partial charge in [0.2, 0.25) is 0 Å². The first kappa shape index (κ1) is 26.5. The average molecular weight is 450 g/mol. The van der Waals surface area contributed by atoms with Crippen LogP contribution in [0.25, 0.3) is 0 Å². The van der Waals surface area contributed by atoms with Gasteiger partial charge in [0, 0.05) is 11.1 Å². The van der Waals surface area contributed by atoms with E-state index in [2.05, 4.69) is 13.2 Å². The highest BCUT2D eigenvalue weighted by molar-refractivity contribution is 6.03. The summed E-state index contributed by atoms with van der Waals surface area (Å²) in [7, 11) is 0. The summed E-state index contributed by atoms with van der Waals surface area (Å²) in [5.41, 5.74) is 0.759. The van der Waals surface area contributed by atoms with Crippen LogP contribution in [0, 0.1) is 0 Å². The number of esters is 2. The Morgan fingerprint density at radius 2 is 1.12 bits per heavy atom. The summed E-state index contributed by atoms with van der Waals surface area (Å²) in [5, 5.41) is 15.8. The Bertz CT molecular complexity index is 770. The van der Waals surface area contributed by atoms with Crippen LogP contribution in [0.5, 0.6) is 0 Å². The van der Waals surface area contributed by atoms with Crippen molar-refractivity contribution < 1.29 is 48.3 Å². The Morgan fingerprint density at radius 1 is 0.844 bits per heavy atom. The molecule has 1 aromatic carbocycles. The lowest BCUT2D eigenvalue weighted by molar-refractivity contribution is -0.133. The molecule has 1 aromatic rings. The number of hydrogen-bond donors (Lipinski definition) is 2. The molecule has 174 valence electrons. The number of carbonyl (C=O) groups excluding carboxylic acids is 2. The normalized spacial score (nSPS) is 17.2. The van der Waals surface area contributed by atoms with Crippen LogP contribution < -0.4 is 0 Å². The third-order valence-corrected chi connectivity index (χ3v) is 3.70. The number of carboxylic acid groups (broad SMARTS) is 2. The van der Waals surface area contributed by atoms with Gasteiger partial charge in [-0.05, 0) is 26.0 Å². The molecule has 2 saturated heterocycles. The van der Waals surface area contributed by atoms with Crippen LogP contribution in [0.15, 0.2) is 48.6 Å². The summed E-state index contributed by atoms with van der Waals surface area (Å²) < 4.78 is 20.1. The highest BCUT2D eigenvalue weighted by Crippen LogP contribution is 2.16. The van der Waals surface area contributed by atoms with E-state index in [-0.39, 0.29) is 47.7 Å². The molecule has 32 heavy (non-hydrogen) atoms. The van der Waals surface area contributed by atoms with Gasteiger partial charge in [-0.25, -0.2) is 19.2 Å². The molecule has 2 aliphatic rings. The molecule has 2 N–H and O–H groups in total. The fraction of sp³-hybridized carbons (Fsp3) is 0.364. The van der Waals surface area contributed by atoms with Crippen molar-refractivity contribution in [3.8, 4) is 0 Å². The molecule has 2 atom stereocenters. The summed E-state index contributed by atoms with van der Waals surface area (Å²) in [6, 6.07) is 6.43. The van der Waals surface area contributed by atoms with Crippen LogP contribution in [0.4, 0.5) is 0 Å². The zero-order chi connectivity index (χ0) is 24.3. The number of carboxylic acids is 2. The van der Waals surface area contributed by atoms with Crippen LogP contribution in [-0.4, -0.2) is 72.7 Å². The molecule has 3 rings (SSSR count). The summed E-state index contributed by atoms with van der Waals surface area (Å²) in [5.74, 6) is -2.96. The summed E-state index contributed by atoms with van der Waals surface area (Å²) in [6.07, 6.45) is -0.0184. The van der Waals surface area contributed by atoms with Crippen molar-refractivity contribution in [3.63, 3.8) is 0 Å². The maximum absolute atomic E-state index is 11.9. The Kier molecular flexibility index (Phi) is 10.8. The number of epoxide rings is 2. The minimum atomic E-state index is -0.935. The Morgan fingerprint density at radius 3 is 1.34 bits per heavy atom. The van der Waals surface area contributed by atoms with Crippen LogP contribution in [0.2, 0.25) is 0 Å². The van der Waals surface area contributed by atoms with Crippen LogP contribution in [-0.2, 0) is 28.5 Å². The molecule has 2 heterocycles. The SMILES string of the molecule is C=C(C)C(=O)O.C=C(C)C(=O)O.O=C(OCC1CO1)c1ccccc1C(=O)OCC1CO1. The van der Waals surface area contributed by atoms with E-state index < -0.39 is 23.9 Å². The van der Waals surface area contributed by atoms with Crippen molar-refractivity contribution in [2.24, 2.45) is 0 Å². The van der Waals surface area contributed by atoms with Gasteiger partial charge in [-0.1, -0.05) is 25.3 Å². The second kappa shape index (κ2) is 13.0. The van der Waals surface area contributed by atoms with Crippen molar-refractivity contribution in [3.05, 3.63) is 59.7 Å². The number of carbonyl (C=O) groups is 4. The summed E-state index contributed by atoms with van der Waals surface area (Å²) >= 11 is 0. The number of ether oxygens (including phenoxy) is 4. The molecule has 2 unspecified atom stereocenters. The van der Waals surface area contributed by atoms with Crippen molar-refractivity contribution in [2.75, 3.05) is 26.4 Å². The number of rotatable bonds is 8. The Hall–Kier alpha value is -3.50. The van der Waals surface area contributed by atoms with E-state index in [9.17, 15) is 19.2 Å². The van der Waals surface area contributed by atoms with Gasteiger partial charge < -0.3 is 29.2 Å². The number of benzene rings is 1. The van der Waals surface area contributed by atoms with E-state index in [1.807, 2.05) is 0 Å². The second-order valence-electron chi connectivity index (χ2n) is 6.82. The molecule has 0 aliphatic carbocycles. The lowest BCUT2D eigenvalue weighted by atomic mass is 10.1. The van der Waals surface area contributed by atoms with Crippen molar-refractivity contribution in [2.45, 2.75) is 26.1 Å². The zero-order valence-electron chi connectivity index (χ0n) is 17.9. The molecular weight excluding hydrogens is 424 g/mol. The molecule has 10 heteroatoms. The number of hydrogen-bond acceptors (Lipinski definition) is 8. The van der Waals surface area contributed by atoms with Crippen LogP contribution >= 0.6 is 0 Å². The monoisotopic (exact) mass is 450 g/mol. The lowest BCUT2D eigenvalue weighted by Gasteiger charge is -2.08. The largest absolute Gasteiger partial charge is 0.478 e. The maximum Gasteiger partial charge on any atom is 0.339 e. The topological polar surface area (TPSA) is 152 Å².